The van der Waals surface area contributed by atoms with Crippen LogP contribution in [0.1, 0.15) is 26.7 Å². The van der Waals surface area contributed by atoms with Crippen LogP contribution in [0.3, 0.4) is 0 Å². The number of aliphatic hydroxyl groups is 1. The maximum atomic E-state index is 12.0. The van der Waals surface area contributed by atoms with Gasteiger partial charge in [0.15, 0.2) is 5.78 Å². The van der Waals surface area contributed by atoms with E-state index in [1.165, 1.54) is 13.8 Å². The molecule has 0 aromatic rings. The topological polar surface area (TPSA) is 37.3 Å². The maximum Gasteiger partial charge on any atom is 0.389 e. The molecule has 0 amide bonds. The van der Waals surface area contributed by atoms with Gasteiger partial charge in [0.2, 0.25) is 0 Å². The fourth-order valence-corrected chi connectivity index (χ4v) is 1.05. The van der Waals surface area contributed by atoms with Crippen LogP contribution in [-0.4, -0.2) is 17.1 Å². The van der Waals surface area contributed by atoms with Crippen molar-refractivity contribution in [2.45, 2.75) is 32.9 Å². The first kappa shape index (κ1) is 13.0. The third-order valence-corrected chi connectivity index (χ3v) is 1.72. The number of hydrogen-bond acceptors (Lipinski definition) is 2. The van der Waals surface area contributed by atoms with Crippen molar-refractivity contribution in [3.8, 4) is 0 Å². The zero-order valence-corrected chi connectivity index (χ0v) is 8.06. The second kappa shape index (κ2) is 5.02. The van der Waals surface area contributed by atoms with Gasteiger partial charge in [-0.15, -0.1) is 0 Å². The number of hydrogen-bond donors (Lipinski definition) is 1. The van der Waals surface area contributed by atoms with Gasteiger partial charge in [0, 0.05) is 12.0 Å². The molecule has 0 saturated heterocycles. The Hall–Kier alpha value is -1.00. The van der Waals surface area contributed by atoms with Gasteiger partial charge in [-0.1, -0.05) is 6.92 Å². The molecule has 2 nitrogen and oxygen atoms in total. The minimum absolute atomic E-state index is 0.113. The molecule has 0 aromatic heterocycles. The predicted octanol–water partition coefficient (Wildman–Crippen LogP) is 3.00. The van der Waals surface area contributed by atoms with E-state index in [4.69, 9.17) is 5.11 Å². The summed E-state index contributed by atoms with van der Waals surface area (Å²) in [6.07, 6.45) is -4.53. The van der Waals surface area contributed by atoms with Crippen molar-refractivity contribution >= 4 is 5.78 Å². The van der Waals surface area contributed by atoms with E-state index >= 15 is 0 Å². The largest absolute Gasteiger partial charge is 0.512 e. The summed E-state index contributed by atoms with van der Waals surface area (Å²) >= 11 is 0. The number of ketones is 1. The van der Waals surface area contributed by atoms with Gasteiger partial charge in [0.25, 0.3) is 0 Å². The second-order valence-electron chi connectivity index (χ2n) is 3.11. The van der Waals surface area contributed by atoms with Crippen molar-refractivity contribution in [1.82, 2.24) is 0 Å². The van der Waals surface area contributed by atoms with Crippen molar-refractivity contribution < 1.29 is 23.1 Å². The summed E-state index contributed by atoms with van der Waals surface area (Å²) in [4.78, 5) is 11.1. The number of carbonyl (C=O) groups is 1. The molecule has 0 fully saturated rings. The summed E-state index contributed by atoms with van der Waals surface area (Å²) in [5.74, 6) is -2.03. The highest BCUT2D eigenvalue weighted by Gasteiger charge is 2.33. The Morgan fingerprint density at radius 1 is 1.50 bits per heavy atom. The molecule has 1 N–H and O–H groups in total. The molecule has 1 unspecified atom stereocenters. The highest BCUT2D eigenvalue weighted by Crippen LogP contribution is 2.27. The van der Waals surface area contributed by atoms with Crippen LogP contribution in [0.2, 0.25) is 0 Å². The van der Waals surface area contributed by atoms with Crippen LogP contribution < -0.4 is 0 Å². The number of alkyl halides is 3. The standard InChI is InChI=1S/C9H13F3O2/c1-3-7(5-9(10,11)12)8(14)4-6(2)13/h4,7,13H,3,5H2,1-2H3/b6-4-. The van der Waals surface area contributed by atoms with Crippen molar-refractivity contribution in [1.29, 1.82) is 0 Å². The van der Waals surface area contributed by atoms with Crippen LogP contribution in [0.25, 0.3) is 0 Å². The third-order valence-electron chi connectivity index (χ3n) is 1.72. The van der Waals surface area contributed by atoms with Crippen molar-refractivity contribution in [2.24, 2.45) is 5.92 Å². The first-order chi connectivity index (χ1) is 6.26. The molecule has 0 aliphatic carbocycles. The smallest absolute Gasteiger partial charge is 0.389 e. The summed E-state index contributed by atoms with van der Waals surface area (Å²) in [7, 11) is 0. The third kappa shape index (κ3) is 5.61. The van der Waals surface area contributed by atoms with Gasteiger partial charge in [-0.25, -0.2) is 0 Å². The molecule has 0 aliphatic rings. The van der Waals surface area contributed by atoms with E-state index < -0.39 is 24.3 Å². The van der Waals surface area contributed by atoms with Crippen molar-refractivity contribution in [3.05, 3.63) is 11.8 Å². The average molecular weight is 210 g/mol. The van der Waals surface area contributed by atoms with Crippen LogP contribution in [-0.2, 0) is 4.79 Å². The molecular weight excluding hydrogens is 197 g/mol. The summed E-state index contributed by atoms with van der Waals surface area (Å²) < 4.78 is 35.9. The van der Waals surface area contributed by atoms with E-state index in [1.807, 2.05) is 0 Å². The average Bonchev–Trinajstić information content (AvgIpc) is 1.96. The normalized spacial score (nSPS) is 15.4. The van der Waals surface area contributed by atoms with Crippen LogP contribution in [0.4, 0.5) is 13.2 Å². The molecule has 5 heteroatoms. The summed E-state index contributed by atoms with van der Waals surface area (Å²) in [6, 6.07) is 0. The highest BCUT2D eigenvalue weighted by atomic mass is 19.4. The number of carbonyl (C=O) groups excluding carboxylic acids is 1. The molecule has 82 valence electrons. The zero-order chi connectivity index (χ0) is 11.4. The summed E-state index contributed by atoms with van der Waals surface area (Å²) in [6.45, 7) is 2.76. The lowest BCUT2D eigenvalue weighted by Gasteiger charge is -2.13. The zero-order valence-electron chi connectivity index (χ0n) is 8.06. The molecule has 0 bridgehead atoms. The molecule has 0 saturated carbocycles. The van der Waals surface area contributed by atoms with Gasteiger partial charge >= 0.3 is 6.18 Å². The number of halogens is 3. The first-order valence-corrected chi connectivity index (χ1v) is 4.24. The van der Waals surface area contributed by atoms with Crippen molar-refractivity contribution in [3.63, 3.8) is 0 Å². The fourth-order valence-electron chi connectivity index (χ4n) is 1.05. The van der Waals surface area contributed by atoms with E-state index in [0.29, 0.717) is 0 Å². The van der Waals surface area contributed by atoms with Gasteiger partial charge in [0.1, 0.15) is 0 Å². The highest BCUT2D eigenvalue weighted by molar-refractivity contribution is 5.91. The lowest BCUT2D eigenvalue weighted by molar-refractivity contribution is -0.151. The summed E-state index contributed by atoms with van der Waals surface area (Å²) in [5, 5.41) is 8.72. The Morgan fingerprint density at radius 2 is 2.00 bits per heavy atom. The van der Waals surface area contributed by atoms with E-state index in [-0.39, 0.29) is 12.2 Å². The Kier molecular flexibility index (Phi) is 4.67. The monoisotopic (exact) mass is 210 g/mol. The predicted molar refractivity (Wildman–Crippen MR) is 45.8 cm³/mol. The molecule has 0 spiro atoms. The van der Waals surface area contributed by atoms with Crippen LogP contribution in [0.5, 0.6) is 0 Å². The Labute approximate surface area is 80.4 Å². The molecule has 0 aromatic carbocycles. The fraction of sp³-hybridized carbons (Fsp3) is 0.667. The second-order valence-corrected chi connectivity index (χ2v) is 3.11. The number of allylic oxidation sites excluding steroid dienone is 2. The molecule has 0 aliphatic heterocycles. The number of rotatable bonds is 4. The van der Waals surface area contributed by atoms with Crippen LogP contribution >= 0.6 is 0 Å². The Balaban J connectivity index is 4.43. The van der Waals surface area contributed by atoms with E-state index in [9.17, 15) is 18.0 Å². The van der Waals surface area contributed by atoms with Gasteiger partial charge in [-0.3, -0.25) is 4.79 Å². The van der Waals surface area contributed by atoms with E-state index in [2.05, 4.69) is 0 Å². The van der Waals surface area contributed by atoms with Gasteiger partial charge in [-0.05, 0) is 13.3 Å². The van der Waals surface area contributed by atoms with Crippen LogP contribution in [0.15, 0.2) is 11.8 Å². The quantitative estimate of drug-likeness (QED) is 0.572. The Bertz CT molecular complexity index is 227. The lowest BCUT2D eigenvalue weighted by Crippen LogP contribution is -2.20. The minimum Gasteiger partial charge on any atom is -0.512 e. The van der Waals surface area contributed by atoms with E-state index in [1.54, 1.807) is 0 Å². The lowest BCUT2D eigenvalue weighted by atomic mass is 9.96. The van der Waals surface area contributed by atoms with Crippen molar-refractivity contribution in [2.75, 3.05) is 0 Å². The minimum atomic E-state index is -4.34. The molecule has 1 atom stereocenters. The summed E-state index contributed by atoms with van der Waals surface area (Å²) in [5.41, 5.74) is 0. The first-order valence-electron chi connectivity index (χ1n) is 4.24. The Morgan fingerprint density at radius 3 is 2.29 bits per heavy atom. The molecule has 0 rings (SSSR count). The van der Waals surface area contributed by atoms with Gasteiger partial charge < -0.3 is 5.11 Å². The number of aliphatic hydroxyl groups excluding tert-OH is 1. The maximum absolute atomic E-state index is 12.0. The van der Waals surface area contributed by atoms with Crippen LogP contribution in [0, 0.1) is 5.92 Å². The molecule has 0 radical (unpaired) electrons. The SMILES string of the molecule is CCC(CC(F)(F)F)C(=O)/C=C(/C)O. The van der Waals surface area contributed by atoms with Gasteiger partial charge in [0.05, 0.1) is 12.2 Å². The molecule has 0 heterocycles. The molecular formula is C9H13F3O2. The van der Waals surface area contributed by atoms with Gasteiger partial charge in [-0.2, -0.15) is 13.2 Å². The molecule has 14 heavy (non-hydrogen) atoms. The van der Waals surface area contributed by atoms with E-state index in [0.717, 1.165) is 6.08 Å².